The maximum absolute atomic E-state index is 12.1. The molecule has 0 bridgehead atoms. The van der Waals surface area contributed by atoms with Crippen molar-refractivity contribution in [2.45, 2.75) is 18.8 Å². The minimum absolute atomic E-state index is 0. The molecule has 0 spiro atoms. The van der Waals surface area contributed by atoms with Crippen molar-refractivity contribution in [1.82, 2.24) is 20.4 Å². The summed E-state index contributed by atoms with van der Waals surface area (Å²) in [4.78, 5) is 13.9. The van der Waals surface area contributed by atoms with Crippen LogP contribution in [0.2, 0.25) is 0 Å². The van der Waals surface area contributed by atoms with Gasteiger partial charge in [-0.2, -0.15) is 5.10 Å². The molecule has 3 rings (SSSR count). The average molecular weight is 257 g/mol. The topological polar surface area (TPSA) is 61.0 Å². The highest BCUT2D eigenvalue weighted by Crippen LogP contribution is 2.39. The lowest BCUT2D eigenvalue weighted by molar-refractivity contribution is 0.0730. The molecular weight excluding hydrogens is 240 g/mol. The molecule has 1 saturated carbocycles. The Labute approximate surface area is 106 Å². The van der Waals surface area contributed by atoms with Crippen molar-refractivity contribution in [3.05, 3.63) is 17.5 Å². The number of carbonyl (C=O) groups excluding carboxylic acids is 1. The summed E-state index contributed by atoms with van der Waals surface area (Å²) < 4.78 is 0. The summed E-state index contributed by atoms with van der Waals surface area (Å²) in [6.07, 6.45) is 2.45. The molecule has 2 N–H and O–H groups in total. The highest BCUT2D eigenvalue weighted by atomic mass is 35.5. The average Bonchev–Trinajstić information content (AvgIpc) is 3.08. The number of nitrogens with zero attached hydrogens (tertiary/aromatic N) is 2. The Hall–Kier alpha value is -1.07. The molecule has 2 fully saturated rings. The van der Waals surface area contributed by atoms with Crippen LogP contribution >= 0.6 is 12.4 Å². The maximum atomic E-state index is 12.1. The van der Waals surface area contributed by atoms with Gasteiger partial charge in [-0.1, -0.05) is 0 Å². The Morgan fingerprint density at radius 1 is 1.35 bits per heavy atom. The molecule has 94 valence electrons. The van der Waals surface area contributed by atoms with E-state index in [-0.39, 0.29) is 18.3 Å². The van der Waals surface area contributed by atoms with E-state index in [9.17, 15) is 4.79 Å². The fourth-order valence-electron chi connectivity index (χ4n) is 2.08. The first-order valence-electron chi connectivity index (χ1n) is 5.90. The summed E-state index contributed by atoms with van der Waals surface area (Å²) in [7, 11) is 0. The van der Waals surface area contributed by atoms with Crippen LogP contribution in [0.15, 0.2) is 6.07 Å². The van der Waals surface area contributed by atoms with Crippen LogP contribution in [-0.4, -0.2) is 47.2 Å². The number of aromatic amines is 1. The van der Waals surface area contributed by atoms with Gasteiger partial charge < -0.3 is 10.2 Å². The summed E-state index contributed by atoms with van der Waals surface area (Å²) in [6, 6.07) is 1.92. The van der Waals surface area contributed by atoms with E-state index >= 15 is 0 Å². The highest BCUT2D eigenvalue weighted by molar-refractivity contribution is 5.92. The number of piperazine rings is 1. The van der Waals surface area contributed by atoms with Crippen molar-refractivity contribution in [1.29, 1.82) is 0 Å². The molecular formula is C11H17ClN4O. The fourth-order valence-corrected chi connectivity index (χ4v) is 2.08. The molecule has 0 atom stereocenters. The zero-order valence-corrected chi connectivity index (χ0v) is 10.4. The quantitative estimate of drug-likeness (QED) is 0.821. The molecule has 1 saturated heterocycles. The summed E-state index contributed by atoms with van der Waals surface area (Å²) in [5.74, 6) is 0.682. The highest BCUT2D eigenvalue weighted by Gasteiger charge is 2.27. The molecule has 2 heterocycles. The minimum atomic E-state index is 0. The van der Waals surface area contributed by atoms with Crippen molar-refractivity contribution in [2.24, 2.45) is 0 Å². The molecule has 1 aromatic rings. The first kappa shape index (κ1) is 12.4. The van der Waals surface area contributed by atoms with Gasteiger partial charge in [-0.25, -0.2) is 0 Å². The monoisotopic (exact) mass is 256 g/mol. The molecule has 1 aliphatic heterocycles. The number of hydrogen-bond acceptors (Lipinski definition) is 3. The van der Waals surface area contributed by atoms with Crippen LogP contribution in [-0.2, 0) is 0 Å². The zero-order valence-electron chi connectivity index (χ0n) is 9.61. The van der Waals surface area contributed by atoms with Gasteiger partial charge in [0.1, 0.15) is 5.69 Å². The van der Waals surface area contributed by atoms with E-state index in [1.807, 2.05) is 11.0 Å². The number of amides is 1. The SMILES string of the molecule is Cl.O=C(c1cc(C2CC2)[nH]n1)N1CCNCC1. The van der Waals surface area contributed by atoms with Crippen LogP contribution < -0.4 is 5.32 Å². The van der Waals surface area contributed by atoms with E-state index in [4.69, 9.17) is 0 Å². The Bertz CT molecular complexity index is 396. The van der Waals surface area contributed by atoms with Crippen molar-refractivity contribution >= 4 is 18.3 Å². The van der Waals surface area contributed by atoms with Crippen molar-refractivity contribution in [3.8, 4) is 0 Å². The second-order valence-electron chi connectivity index (χ2n) is 4.53. The molecule has 17 heavy (non-hydrogen) atoms. The lowest BCUT2D eigenvalue weighted by Gasteiger charge is -2.26. The Kier molecular flexibility index (Phi) is 3.69. The number of hydrogen-bond donors (Lipinski definition) is 2. The lowest BCUT2D eigenvalue weighted by atomic mass is 10.2. The number of aromatic nitrogens is 2. The van der Waals surface area contributed by atoms with Crippen LogP contribution in [0.25, 0.3) is 0 Å². The van der Waals surface area contributed by atoms with Gasteiger partial charge in [0, 0.05) is 37.8 Å². The zero-order chi connectivity index (χ0) is 11.0. The molecule has 6 heteroatoms. The molecule has 0 aromatic carbocycles. The van der Waals surface area contributed by atoms with Crippen molar-refractivity contribution in [2.75, 3.05) is 26.2 Å². The Morgan fingerprint density at radius 3 is 2.71 bits per heavy atom. The molecule has 5 nitrogen and oxygen atoms in total. The molecule has 1 aliphatic carbocycles. The fraction of sp³-hybridized carbons (Fsp3) is 0.636. The Balaban J connectivity index is 0.00000108. The normalized spacial score (nSPS) is 19.9. The number of H-pyrrole nitrogens is 1. The van der Waals surface area contributed by atoms with E-state index in [1.165, 1.54) is 12.8 Å². The third-order valence-corrected chi connectivity index (χ3v) is 3.24. The van der Waals surface area contributed by atoms with E-state index < -0.39 is 0 Å². The van der Waals surface area contributed by atoms with Gasteiger partial charge in [0.15, 0.2) is 0 Å². The first-order valence-corrected chi connectivity index (χ1v) is 5.90. The number of nitrogens with one attached hydrogen (secondary N) is 2. The molecule has 2 aliphatic rings. The Morgan fingerprint density at radius 2 is 2.06 bits per heavy atom. The predicted molar refractivity (Wildman–Crippen MR) is 66.6 cm³/mol. The van der Waals surface area contributed by atoms with Gasteiger partial charge in [-0.05, 0) is 18.9 Å². The molecule has 0 unspecified atom stereocenters. The first-order chi connectivity index (χ1) is 7.84. The van der Waals surface area contributed by atoms with Gasteiger partial charge in [-0.15, -0.1) is 12.4 Å². The van der Waals surface area contributed by atoms with Gasteiger partial charge in [0.2, 0.25) is 0 Å². The lowest BCUT2D eigenvalue weighted by Crippen LogP contribution is -2.46. The van der Waals surface area contributed by atoms with E-state index in [0.717, 1.165) is 31.9 Å². The van der Waals surface area contributed by atoms with Crippen molar-refractivity contribution in [3.63, 3.8) is 0 Å². The molecule has 1 amide bonds. The van der Waals surface area contributed by atoms with Gasteiger partial charge in [0.05, 0.1) is 0 Å². The van der Waals surface area contributed by atoms with E-state index in [2.05, 4.69) is 15.5 Å². The summed E-state index contributed by atoms with van der Waals surface area (Å²) in [6.45, 7) is 3.33. The van der Waals surface area contributed by atoms with Crippen LogP contribution in [0.5, 0.6) is 0 Å². The molecule has 1 aromatic heterocycles. The van der Waals surface area contributed by atoms with Crippen molar-refractivity contribution < 1.29 is 4.79 Å². The molecule has 0 radical (unpaired) electrons. The van der Waals surface area contributed by atoms with Gasteiger partial charge >= 0.3 is 0 Å². The third-order valence-electron chi connectivity index (χ3n) is 3.24. The summed E-state index contributed by atoms with van der Waals surface area (Å²) in [5.41, 5.74) is 1.70. The smallest absolute Gasteiger partial charge is 0.274 e. The number of rotatable bonds is 2. The number of carbonyl (C=O) groups is 1. The summed E-state index contributed by atoms with van der Waals surface area (Å²) >= 11 is 0. The van der Waals surface area contributed by atoms with Crippen LogP contribution in [0.3, 0.4) is 0 Å². The van der Waals surface area contributed by atoms with E-state index in [1.54, 1.807) is 0 Å². The van der Waals surface area contributed by atoms with Crippen LogP contribution in [0.1, 0.15) is 34.9 Å². The number of halogens is 1. The van der Waals surface area contributed by atoms with E-state index in [0.29, 0.717) is 11.6 Å². The second kappa shape index (κ2) is 5.06. The second-order valence-corrected chi connectivity index (χ2v) is 4.53. The van der Waals surface area contributed by atoms with Crippen LogP contribution in [0, 0.1) is 0 Å². The standard InChI is InChI=1S/C11H16N4O.ClH/c16-11(15-5-3-12-4-6-15)10-7-9(13-14-10)8-1-2-8;/h7-8,12H,1-6H2,(H,13,14);1H. The largest absolute Gasteiger partial charge is 0.335 e. The third kappa shape index (κ3) is 2.61. The maximum Gasteiger partial charge on any atom is 0.274 e. The predicted octanol–water partition coefficient (Wildman–Crippen LogP) is 0.754. The summed E-state index contributed by atoms with van der Waals surface area (Å²) in [5, 5.41) is 10.3. The van der Waals surface area contributed by atoms with Crippen LogP contribution in [0.4, 0.5) is 0 Å². The van der Waals surface area contributed by atoms with Gasteiger partial charge in [0.25, 0.3) is 5.91 Å². The van der Waals surface area contributed by atoms with Gasteiger partial charge in [-0.3, -0.25) is 9.89 Å². The minimum Gasteiger partial charge on any atom is -0.335 e.